The van der Waals surface area contributed by atoms with Crippen LogP contribution >= 0.6 is 0 Å². The molecule has 0 aliphatic carbocycles. The van der Waals surface area contributed by atoms with E-state index in [1.807, 2.05) is 0 Å². The quantitative estimate of drug-likeness (QED) is 0.420. The van der Waals surface area contributed by atoms with Crippen molar-refractivity contribution in [2.45, 2.75) is 0 Å². The molecular weight excluding hydrogens is 248 g/mol. The summed E-state index contributed by atoms with van der Waals surface area (Å²) < 4.78 is 0. The first-order valence-electron chi connectivity index (χ1n) is 0. The van der Waals surface area contributed by atoms with Crippen LogP contribution in [-0.2, 0) is 17.1 Å². The van der Waals surface area contributed by atoms with Gasteiger partial charge < -0.3 is 2.85 Å². The molecule has 0 amide bonds. The van der Waals surface area contributed by atoms with E-state index in [0.29, 0.717) is 0 Å². The molecule has 0 rings (SSSR count). The zero-order chi connectivity index (χ0) is 0. The normalized spacial score (nSPS) is 0. The minimum atomic E-state index is 0. The smallest absolute Gasteiger partial charge is 1.00 e. The van der Waals surface area contributed by atoms with E-state index in [2.05, 4.69) is 0 Å². The van der Waals surface area contributed by atoms with Gasteiger partial charge in [-0.3, -0.25) is 0 Å². The molecule has 0 aliphatic heterocycles. The summed E-state index contributed by atoms with van der Waals surface area (Å²) in [6, 6.07) is 0. The summed E-state index contributed by atoms with van der Waals surface area (Å²) in [5.74, 6) is 0. The first-order valence-corrected chi connectivity index (χ1v) is 0. The minimum Gasteiger partial charge on any atom is -1.00 e. The molecule has 0 aromatic rings. The zero-order valence-corrected chi connectivity index (χ0v) is 9.61. The van der Waals surface area contributed by atoms with E-state index in [0.717, 1.165) is 0 Å². The Morgan fingerprint density at radius 3 is 1.25 bits per heavy atom. The summed E-state index contributed by atoms with van der Waals surface area (Å²) in [6.45, 7) is 0. The molecule has 0 nitrogen and oxygen atoms in total. The fraction of sp³-hybridized carbons (Fsp3) is 0. The second-order valence-electron chi connectivity index (χ2n) is 0. The molecule has 0 aromatic heterocycles. The molecule has 0 heterocycles. The van der Waals surface area contributed by atoms with E-state index in [4.69, 9.17) is 0 Å². The molecule has 0 aliphatic rings. The van der Waals surface area contributed by atoms with E-state index < -0.39 is 0 Å². The van der Waals surface area contributed by atoms with Crippen LogP contribution < -0.4 is 0 Å². The summed E-state index contributed by atoms with van der Waals surface area (Å²) in [7, 11) is 0. The fourth-order valence-electron chi connectivity index (χ4n) is 0. The van der Waals surface area contributed by atoms with Gasteiger partial charge in [0.25, 0.3) is 0 Å². The van der Waals surface area contributed by atoms with Gasteiger partial charge in [-0.05, 0) is 11.0 Å². The molecule has 0 N–H and O–H groups in total. The summed E-state index contributed by atoms with van der Waals surface area (Å²) in [4.78, 5) is 0. The Hall–Kier alpha value is 2.84. The van der Waals surface area contributed by atoms with Gasteiger partial charge in [0.1, 0.15) is 0 Å². The topological polar surface area (TPSA) is 0 Å². The van der Waals surface area contributed by atoms with E-state index in [1.165, 1.54) is 0 Å². The molecule has 0 aromatic carbocycles. The van der Waals surface area contributed by atoms with Crippen LogP contribution in [0.4, 0.5) is 0 Å². The molecule has 0 fully saturated rings. The van der Waals surface area contributed by atoms with Gasteiger partial charge in [0, 0.05) is 17.1 Å². The van der Waals surface area contributed by atoms with Crippen LogP contribution in [0.15, 0.2) is 0 Å². The van der Waals surface area contributed by atoms with Gasteiger partial charge in [0.05, 0.1) is 0 Å². The monoisotopic (exact) mass is 257 g/mol. The largest absolute Gasteiger partial charge is 2.00 e. The first-order chi connectivity index (χ1) is 0. The van der Waals surface area contributed by atoms with Crippen LogP contribution in [0.25, 0.3) is 0 Å². The molecule has 4 heteroatoms. The van der Waals surface area contributed by atoms with Gasteiger partial charge in [0.15, 0.2) is 17.4 Å². The van der Waals surface area contributed by atoms with Gasteiger partial charge in [-0.15, -0.1) is 0 Å². The molecule has 0 saturated heterocycles. The maximum Gasteiger partial charge on any atom is 2.00 e. The van der Waals surface area contributed by atoms with Gasteiger partial charge >= 0.3 is 48.9 Å². The summed E-state index contributed by atoms with van der Waals surface area (Å²) in [5.41, 5.74) is 0. The second kappa shape index (κ2) is 17.0. The van der Waals surface area contributed by atoms with Gasteiger partial charge in [0.2, 0.25) is 0 Å². The van der Waals surface area contributed by atoms with Gasteiger partial charge in [-0.1, -0.05) is 0 Å². The first kappa shape index (κ1) is 28.9. The van der Waals surface area contributed by atoms with Crippen molar-refractivity contribution in [1.82, 2.24) is 0 Å². The average Bonchev–Trinajstić information content (AvgIpc) is 0. The Labute approximate surface area is 95.2 Å². The Bertz CT molecular complexity index is 13.5. The third kappa shape index (κ3) is 8.85. The molecule has 0 unspecified atom stereocenters. The number of rotatable bonds is 0. The summed E-state index contributed by atoms with van der Waals surface area (Å²) in [5, 5.41) is 0. The maximum atomic E-state index is 0. The van der Waals surface area contributed by atoms with Crippen LogP contribution in [-0.4, -0.2) is 77.2 Å². The zero-order valence-electron chi connectivity index (χ0n) is 4.06. The van der Waals surface area contributed by atoms with Crippen molar-refractivity contribution in [3.63, 3.8) is 0 Å². The van der Waals surface area contributed by atoms with Crippen molar-refractivity contribution in [3.05, 3.63) is 0 Å². The molecule has 25 valence electrons. The Balaban J connectivity index is 0. The van der Waals surface area contributed by atoms with Crippen molar-refractivity contribution >= 4 is 77.2 Å². The van der Waals surface area contributed by atoms with Gasteiger partial charge in [-0.25, -0.2) is 0 Å². The van der Waals surface area contributed by atoms with E-state index in [9.17, 15) is 0 Å². The van der Waals surface area contributed by atoms with Crippen molar-refractivity contribution in [2.75, 3.05) is 0 Å². The Morgan fingerprint density at radius 2 is 1.25 bits per heavy atom. The number of hydrogen-bond donors (Lipinski definition) is 0. The number of hydrogen-bond acceptors (Lipinski definition) is 0. The fourth-order valence-corrected chi connectivity index (χ4v) is 0. The summed E-state index contributed by atoms with van der Waals surface area (Å²) >= 11 is 0. The van der Waals surface area contributed by atoms with Gasteiger partial charge in [-0.2, -0.15) is 0 Å². The second-order valence-corrected chi connectivity index (χ2v) is 0. The van der Waals surface area contributed by atoms with Crippen molar-refractivity contribution in [2.24, 2.45) is 0 Å². The maximum absolute atomic E-state index is 0. The van der Waals surface area contributed by atoms with Crippen LogP contribution in [0.5, 0.6) is 0 Å². The minimum absolute atomic E-state index is 0. The SMILES string of the molecule is [AlH3].[Ba+2].[Fe].[H-].[H-].[SiH3]. The molecule has 0 bridgehead atoms. The summed E-state index contributed by atoms with van der Waals surface area (Å²) in [6.07, 6.45) is 0. The van der Waals surface area contributed by atoms with Crippen molar-refractivity contribution in [1.29, 1.82) is 0 Å². The van der Waals surface area contributed by atoms with Crippen molar-refractivity contribution < 1.29 is 19.9 Å². The predicted molar refractivity (Wildman–Crippen MR) is 27.9 cm³/mol. The molecule has 4 heavy (non-hydrogen) atoms. The Morgan fingerprint density at radius 1 is 1.25 bits per heavy atom. The van der Waals surface area contributed by atoms with Crippen LogP contribution in [0.3, 0.4) is 0 Å². The molecular formula is H8AlBaFeSi. The average molecular weight is 256 g/mol. The third-order valence-electron chi connectivity index (χ3n) is 0. The van der Waals surface area contributed by atoms with Crippen LogP contribution in [0.2, 0.25) is 0 Å². The molecule has 0 saturated carbocycles. The van der Waals surface area contributed by atoms with Crippen LogP contribution in [0, 0.1) is 0 Å². The Kier molecular flexibility index (Phi) is 123. The molecule has 1 radical (unpaired) electrons. The van der Waals surface area contributed by atoms with E-state index >= 15 is 0 Å². The predicted octanol–water partition coefficient (Wildman–Crippen LogP) is -2.53. The van der Waals surface area contributed by atoms with E-state index in [-0.39, 0.29) is 97.1 Å². The molecule has 0 spiro atoms. The standard InChI is InChI=1S/Al.Ba.Fe.H3Si.5H/h;;;1H3;;;;;/q;+2;;;;;;2*-1. The van der Waals surface area contributed by atoms with Crippen molar-refractivity contribution in [3.8, 4) is 0 Å². The van der Waals surface area contributed by atoms with Crippen LogP contribution in [0.1, 0.15) is 2.85 Å². The van der Waals surface area contributed by atoms with E-state index in [1.54, 1.807) is 0 Å². The third-order valence-corrected chi connectivity index (χ3v) is 0. The molecule has 0 atom stereocenters.